The average Bonchev–Trinajstić information content (AvgIpc) is 2.01. The molecule has 82 valence electrons. The Kier molecular flexibility index (Phi) is 6.81. The molecule has 0 bridgehead atoms. The van der Waals surface area contributed by atoms with Gasteiger partial charge >= 0.3 is 11.9 Å². The van der Waals surface area contributed by atoms with Gasteiger partial charge in [-0.2, -0.15) is 0 Å². The van der Waals surface area contributed by atoms with E-state index in [0.717, 1.165) is 0 Å². The molecule has 0 aromatic heterocycles. The molecule has 2 atom stereocenters. The number of halogens is 1. The molecule has 0 amide bonds. The third kappa shape index (κ3) is 7.07. The van der Waals surface area contributed by atoms with Gasteiger partial charge < -0.3 is 15.5 Å². The molecule has 0 rings (SSSR count). The first-order chi connectivity index (χ1) is 6.43. The van der Waals surface area contributed by atoms with Crippen LogP contribution in [0.2, 0.25) is 0 Å². The standard InChI is InChI=1S/C8H14INO4/c1-5(2-7(11)12)6(9)3-10-4-8(13)14/h5-6,10H,2-4H2,1H3,(H,11,12)(H,13,14). The monoisotopic (exact) mass is 315 g/mol. The van der Waals surface area contributed by atoms with E-state index >= 15 is 0 Å². The van der Waals surface area contributed by atoms with E-state index in [1.54, 1.807) is 0 Å². The molecule has 14 heavy (non-hydrogen) atoms. The summed E-state index contributed by atoms with van der Waals surface area (Å²) in [6, 6.07) is 0. The Morgan fingerprint density at radius 1 is 1.36 bits per heavy atom. The summed E-state index contributed by atoms with van der Waals surface area (Å²) < 4.78 is 0.128. The normalized spacial score (nSPS) is 14.7. The fourth-order valence-electron chi connectivity index (χ4n) is 0.921. The molecule has 0 aliphatic rings. The van der Waals surface area contributed by atoms with Crippen LogP contribution in [-0.2, 0) is 9.59 Å². The van der Waals surface area contributed by atoms with Gasteiger partial charge in [-0.25, -0.2) is 0 Å². The first-order valence-corrected chi connectivity index (χ1v) is 5.46. The molecule has 6 heteroatoms. The van der Waals surface area contributed by atoms with E-state index in [-0.39, 0.29) is 22.8 Å². The molecule has 0 aromatic carbocycles. The summed E-state index contributed by atoms with van der Waals surface area (Å²) in [5, 5.41) is 19.6. The molecule has 0 aliphatic heterocycles. The van der Waals surface area contributed by atoms with E-state index < -0.39 is 11.9 Å². The van der Waals surface area contributed by atoms with Crippen molar-refractivity contribution in [1.82, 2.24) is 5.32 Å². The second kappa shape index (κ2) is 6.99. The zero-order valence-corrected chi connectivity index (χ0v) is 10.0. The van der Waals surface area contributed by atoms with Crippen LogP contribution >= 0.6 is 22.6 Å². The lowest BCUT2D eigenvalue weighted by Gasteiger charge is -2.16. The Labute approximate surface area is 96.0 Å². The lowest BCUT2D eigenvalue weighted by molar-refractivity contribution is -0.138. The van der Waals surface area contributed by atoms with E-state index in [1.165, 1.54) is 0 Å². The summed E-state index contributed by atoms with van der Waals surface area (Å²) in [5.74, 6) is -1.69. The molecule has 3 N–H and O–H groups in total. The van der Waals surface area contributed by atoms with E-state index in [9.17, 15) is 9.59 Å². The third-order valence-electron chi connectivity index (χ3n) is 1.73. The van der Waals surface area contributed by atoms with E-state index in [4.69, 9.17) is 10.2 Å². The number of carboxylic acids is 2. The van der Waals surface area contributed by atoms with Crippen LogP contribution in [0.4, 0.5) is 0 Å². The largest absolute Gasteiger partial charge is 0.481 e. The molecule has 0 radical (unpaired) electrons. The fourth-order valence-corrected chi connectivity index (χ4v) is 1.49. The van der Waals surface area contributed by atoms with Crippen molar-refractivity contribution >= 4 is 34.5 Å². The van der Waals surface area contributed by atoms with Crippen molar-refractivity contribution in [3.8, 4) is 0 Å². The molecule has 0 spiro atoms. The molecule has 0 heterocycles. The van der Waals surface area contributed by atoms with Gasteiger partial charge in [0.25, 0.3) is 0 Å². The van der Waals surface area contributed by atoms with E-state index in [0.29, 0.717) is 6.54 Å². The number of carbonyl (C=O) groups is 2. The first-order valence-electron chi connectivity index (χ1n) is 4.22. The molecule has 0 aromatic rings. The summed E-state index contributed by atoms with van der Waals surface area (Å²) in [6.45, 7) is 2.27. The van der Waals surface area contributed by atoms with Crippen LogP contribution in [0.1, 0.15) is 13.3 Å². The van der Waals surface area contributed by atoms with Crippen LogP contribution in [0.15, 0.2) is 0 Å². The zero-order chi connectivity index (χ0) is 11.1. The lowest BCUT2D eigenvalue weighted by Crippen LogP contribution is -2.32. The maximum absolute atomic E-state index is 10.4. The van der Waals surface area contributed by atoms with Gasteiger partial charge in [0.15, 0.2) is 0 Å². The number of nitrogens with one attached hydrogen (secondary N) is 1. The summed E-state index contributed by atoms with van der Waals surface area (Å²) in [4.78, 5) is 20.5. The second-order valence-corrected chi connectivity index (χ2v) is 4.72. The molecule has 0 aliphatic carbocycles. The number of carboxylic acid groups (broad SMARTS) is 2. The molecule has 0 saturated carbocycles. The number of aliphatic carboxylic acids is 2. The van der Waals surface area contributed by atoms with Gasteiger partial charge in [-0.15, -0.1) is 0 Å². The highest BCUT2D eigenvalue weighted by atomic mass is 127. The first kappa shape index (κ1) is 13.6. The highest BCUT2D eigenvalue weighted by molar-refractivity contribution is 14.1. The topological polar surface area (TPSA) is 86.6 Å². The van der Waals surface area contributed by atoms with Crippen LogP contribution in [0.5, 0.6) is 0 Å². The van der Waals surface area contributed by atoms with Crippen LogP contribution < -0.4 is 5.32 Å². The van der Waals surface area contributed by atoms with Crippen LogP contribution in [0.25, 0.3) is 0 Å². The van der Waals surface area contributed by atoms with Crippen molar-refractivity contribution < 1.29 is 19.8 Å². The Morgan fingerprint density at radius 2 is 1.93 bits per heavy atom. The molecule has 0 saturated heterocycles. The van der Waals surface area contributed by atoms with Crippen molar-refractivity contribution in [1.29, 1.82) is 0 Å². The minimum absolute atomic E-state index is 0.0365. The molecular formula is C8H14INO4. The number of rotatable bonds is 7. The predicted molar refractivity (Wildman–Crippen MR) is 59.7 cm³/mol. The number of alkyl halides is 1. The Balaban J connectivity index is 3.66. The van der Waals surface area contributed by atoms with Crippen molar-refractivity contribution in [2.24, 2.45) is 5.92 Å². The summed E-state index contributed by atoms with van der Waals surface area (Å²) >= 11 is 2.13. The predicted octanol–water partition coefficient (Wildman–Crippen LogP) is 0.575. The summed E-state index contributed by atoms with van der Waals surface area (Å²) in [5.41, 5.74) is 0. The Morgan fingerprint density at radius 3 is 2.36 bits per heavy atom. The highest BCUT2D eigenvalue weighted by Gasteiger charge is 2.16. The van der Waals surface area contributed by atoms with E-state index in [1.807, 2.05) is 6.92 Å². The minimum atomic E-state index is -0.903. The van der Waals surface area contributed by atoms with Gasteiger partial charge in [-0.05, 0) is 5.92 Å². The number of hydrogen-bond acceptors (Lipinski definition) is 3. The minimum Gasteiger partial charge on any atom is -0.481 e. The van der Waals surface area contributed by atoms with Crippen LogP contribution in [-0.4, -0.2) is 39.2 Å². The van der Waals surface area contributed by atoms with Crippen molar-refractivity contribution in [3.63, 3.8) is 0 Å². The second-order valence-electron chi connectivity index (χ2n) is 3.12. The quantitative estimate of drug-likeness (QED) is 0.472. The van der Waals surface area contributed by atoms with Crippen LogP contribution in [0, 0.1) is 5.92 Å². The van der Waals surface area contributed by atoms with Crippen molar-refractivity contribution in [2.75, 3.05) is 13.1 Å². The Hall–Kier alpha value is -0.370. The van der Waals surface area contributed by atoms with E-state index in [2.05, 4.69) is 27.9 Å². The summed E-state index contributed by atoms with van der Waals surface area (Å²) in [6.07, 6.45) is 0.113. The fraction of sp³-hybridized carbons (Fsp3) is 0.750. The molecule has 2 unspecified atom stereocenters. The number of hydrogen-bond donors (Lipinski definition) is 3. The van der Waals surface area contributed by atoms with Gasteiger partial charge in [0, 0.05) is 16.9 Å². The average molecular weight is 315 g/mol. The third-order valence-corrected chi connectivity index (χ3v) is 3.40. The maximum Gasteiger partial charge on any atom is 0.317 e. The molecule has 0 fully saturated rings. The molecule has 5 nitrogen and oxygen atoms in total. The van der Waals surface area contributed by atoms with Gasteiger partial charge in [-0.3, -0.25) is 9.59 Å². The highest BCUT2D eigenvalue weighted by Crippen LogP contribution is 2.15. The van der Waals surface area contributed by atoms with Crippen molar-refractivity contribution in [2.45, 2.75) is 17.3 Å². The SMILES string of the molecule is CC(CC(=O)O)C(I)CNCC(=O)O. The van der Waals surface area contributed by atoms with Gasteiger partial charge in [0.2, 0.25) is 0 Å². The maximum atomic E-state index is 10.4. The smallest absolute Gasteiger partial charge is 0.317 e. The van der Waals surface area contributed by atoms with Crippen LogP contribution in [0.3, 0.4) is 0 Å². The van der Waals surface area contributed by atoms with Gasteiger partial charge in [0.05, 0.1) is 6.54 Å². The zero-order valence-electron chi connectivity index (χ0n) is 7.86. The Bertz CT molecular complexity index is 210. The van der Waals surface area contributed by atoms with Gasteiger partial charge in [0.1, 0.15) is 0 Å². The lowest BCUT2D eigenvalue weighted by atomic mass is 10.0. The van der Waals surface area contributed by atoms with Gasteiger partial charge in [-0.1, -0.05) is 29.5 Å². The van der Waals surface area contributed by atoms with Crippen molar-refractivity contribution in [3.05, 3.63) is 0 Å². The molecular weight excluding hydrogens is 301 g/mol. The summed E-state index contributed by atoms with van der Waals surface area (Å²) in [7, 11) is 0.